The van der Waals surface area contributed by atoms with Crippen molar-refractivity contribution in [2.75, 3.05) is 0 Å². The first kappa shape index (κ1) is 49.0. The second-order valence-corrected chi connectivity index (χ2v) is 14.5. The highest BCUT2D eigenvalue weighted by atomic mass is 19.2. The molecule has 64 heavy (non-hydrogen) atoms. The normalized spacial score (nSPS) is 11.8. The SMILES string of the molecule is CC(C)c1ccccc1[NH2+]c1ccccc1C(C)C.Fc1c(F)c(F)c([B-](c2c(F)c(F)c(F)c(F)c2F)(c2c(F)c(F)c(F)c(F)c2F)c2c(F)c(F)c(F)c(F)c2F)c(F)c1F. The van der Waals surface area contributed by atoms with Crippen molar-refractivity contribution in [3.05, 3.63) is 176 Å². The fourth-order valence-corrected chi connectivity index (χ4v) is 7.38. The lowest BCUT2D eigenvalue weighted by atomic mass is 9.12. The van der Waals surface area contributed by atoms with Crippen LogP contribution >= 0.6 is 0 Å². The molecule has 2 N–H and O–H groups in total. The van der Waals surface area contributed by atoms with E-state index in [4.69, 9.17) is 0 Å². The van der Waals surface area contributed by atoms with Gasteiger partial charge < -0.3 is 0 Å². The van der Waals surface area contributed by atoms with Gasteiger partial charge in [0.05, 0.1) is 0 Å². The van der Waals surface area contributed by atoms with Gasteiger partial charge in [-0.15, -0.1) is 21.9 Å². The van der Waals surface area contributed by atoms with E-state index in [1.807, 2.05) is 0 Å². The smallest absolute Gasteiger partial charge is 0.200 e. The first-order chi connectivity index (χ1) is 29.8. The van der Waals surface area contributed by atoms with Gasteiger partial charge in [0, 0.05) is 11.1 Å². The molecule has 0 aromatic heterocycles. The molecule has 6 aromatic rings. The molecule has 340 valence electrons. The lowest BCUT2D eigenvalue weighted by Crippen LogP contribution is -2.81. The van der Waals surface area contributed by atoms with E-state index in [9.17, 15) is 52.7 Å². The van der Waals surface area contributed by atoms with E-state index in [1.165, 1.54) is 22.5 Å². The number of hydrogen-bond donors (Lipinski definition) is 1. The highest BCUT2D eigenvalue weighted by Crippen LogP contribution is 2.31. The van der Waals surface area contributed by atoms with E-state index in [0.29, 0.717) is 11.8 Å². The van der Waals surface area contributed by atoms with E-state index in [1.54, 1.807) is 0 Å². The Balaban J connectivity index is 0.000000337. The summed E-state index contributed by atoms with van der Waals surface area (Å²) in [7, 11) is 0. The molecule has 0 radical (unpaired) electrons. The predicted octanol–water partition coefficient (Wildman–Crippen LogP) is 10.3. The summed E-state index contributed by atoms with van der Waals surface area (Å²) >= 11 is 0. The highest BCUT2D eigenvalue weighted by Gasteiger charge is 2.52. The third-order valence-corrected chi connectivity index (χ3v) is 10.3. The van der Waals surface area contributed by atoms with Crippen LogP contribution in [-0.4, -0.2) is 6.15 Å². The molecule has 0 unspecified atom stereocenters. The van der Waals surface area contributed by atoms with Crippen LogP contribution in [-0.2, 0) is 0 Å². The van der Waals surface area contributed by atoms with Crippen molar-refractivity contribution < 1.29 is 93.1 Å². The molecule has 0 saturated heterocycles. The summed E-state index contributed by atoms with van der Waals surface area (Å²) in [6.07, 6.45) is -7.22. The number of nitrogens with two attached hydrogens (primary N) is 1. The Morgan fingerprint density at radius 2 is 0.453 bits per heavy atom. The highest BCUT2D eigenvalue weighted by molar-refractivity contribution is 7.20. The van der Waals surface area contributed by atoms with Gasteiger partial charge in [0.25, 0.3) is 0 Å². The van der Waals surface area contributed by atoms with Gasteiger partial charge >= 0.3 is 0 Å². The third-order valence-electron chi connectivity index (χ3n) is 10.3. The maximum absolute atomic E-state index is 15.4. The van der Waals surface area contributed by atoms with Crippen molar-refractivity contribution in [2.24, 2.45) is 0 Å². The van der Waals surface area contributed by atoms with Crippen molar-refractivity contribution in [1.82, 2.24) is 0 Å². The number of halogens is 20. The molecular formula is C42H24BF20N. The van der Waals surface area contributed by atoms with E-state index < -0.39 is 144 Å². The van der Waals surface area contributed by atoms with Crippen molar-refractivity contribution >= 4 is 39.4 Å². The van der Waals surface area contributed by atoms with E-state index >= 15 is 35.1 Å². The van der Waals surface area contributed by atoms with Gasteiger partial charge in [-0.05, 0) is 24.0 Å². The zero-order valence-corrected chi connectivity index (χ0v) is 32.5. The second-order valence-electron chi connectivity index (χ2n) is 14.5. The molecule has 1 nitrogen and oxygen atoms in total. The zero-order chi connectivity index (χ0) is 48.2. The van der Waals surface area contributed by atoms with E-state index in [2.05, 4.69) is 81.5 Å². The number of hydrogen-bond acceptors (Lipinski definition) is 0. The van der Waals surface area contributed by atoms with Crippen molar-refractivity contribution in [3.8, 4) is 0 Å². The lowest BCUT2D eigenvalue weighted by Gasteiger charge is -2.44. The predicted molar refractivity (Wildman–Crippen MR) is 192 cm³/mol. The maximum atomic E-state index is 15.4. The fraction of sp³-hybridized carbons (Fsp3) is 0.143. The summed E-state index contributed by atoms with van der Waals surface area (Å²) in [5, 5.41) is 2.32. The average molecular weight is 933 g/mol. The molecule has 6 rings (SSSR count). The summed E-state index contributed by atoms with van der Waals surface area (Å²) < 4.78 is 294. The summed E-state index contributed by atoms with van der Waals surface area (Å²) in [6.45, 7) is 9.00. The van der Waals surface area contributed by atoms with Crippen molar-refractivity contribution in [3.63, 3.8) is 0 Å². The largest absolute Gasteiger partial charge is 0.281 e. The lowest BCUT2D eigenvalue weighted by molar-refractivity contribution is -0.480. The minimum atomic E-state index is -7.22. The van der Waals surface area contributed by atoms with Crippen LogP contribution in [0.1, 0.15) is 50.7 Å². The van der Waals surface area contributed by atoms with Crippen LogP contribution in [0, 0.1) is 116 Å². The quantitative estimate of drug-likeness (QED) is 0.0515. The monoisotopic (exact) mass is 933 g/mol. The number of benzene rings is 6. The molecule has 22 heteroatoms. The van der Waals surface area contributed by atoms with Crippen LogP contribution in [0.5, 0.6) is 0 Å². The van der Waals surface area contributed by atoms with Crippen LogP contribution in [0.2, 0.25) is 0 Å². The standard InChI is InChI=1S/C24BF20.C18H23N/c26-5-1(6(27)14(35)21(42)13(5)34)25(2-7(28)15(36)22(43)16(37)8(2)29,3-9(30)17(38)23(44)18(39)10(3)31)4-11(32)19(40)24(45)20(41)12(4)33;1-13(2)15-9-5-7-11-17(15)19-18-12-8-6-10-16(18)14(3)4/h;5-14,19H,1-4H3/q-1;/p+1. The summed E-state index contributed by atoms with van der Waals surface area (Å²) in [4.78, 5) is 0. The zero-order valence-electron chi connectivity index (χ0n) is 32.5. The topological polar surface area (TPSA) is 16.6 Å². The van der Waals surface area contributed by atoms with Crippen LogP contribution in [0.4, 0.5) is 99.2 Å². The van der Waals surface area contributed by atoms with Crippen LogP contribution in [0.3, 0.4) is 0 Å². The molecule has 0 fully saturated rings. The summed E-state index contributed by atoms with van der Waals surface area (Å²) in [5.74, 6) is -70.3. The van der Waals surface area contributed by atoms with Crippen molar-refractivity contribution in [2.45, 2.75) is 39.5 Å². The molecule has 6 aromatic carbocycles. The molecule has 0 spiro atoms. The molecule has 0 saturated carbocycles. The average Bonchev–Trinajstić information content (AvgIpc) is 3.26. The van der Waals surface area contributed by atoms with Crippen molar-refractivity contribution in [1.29, 1.82) is 0 Å². The first-order valence-corrected chi connectivity index (χ1v) is 18.1. The molecular weight excluding hydrogens is 909 g/mol. The first-order valence-electron chi connectivity index (χ1n) is 18.1. The Morgan fingerprint density at radius 1 is 0.281 bits per heavy atom. The molecule has 0 bridgehead atoms. The second kappa shape index (κ2) is 18.2. The molecule has 0 aliphatic rings. The van der Waals surface area contributed by atoms with Gasteiger partial charge in [-0.3, -0.25) is 5.32 Å². The fourth-order valence-electron chi connectivity index (χ4n) is 7.38. The molecule has 0 heterocycles. The maximum Gasteiger partial charge on any atom is 0.200 e. The Labute approximate surface area is 347 Å². The van der Waals surface area contributed by atoms with Gasteiger partial charge in [0.2, 0.25) is 0 Å². The van der Waals surface area contributed by atoms with Gasteiger partial charge in [-0.25, -0.2) is 87.8 Å². The molecule has 0 aliphatic heterocycles. The number of quaternary nitrogens is 1. The number of para-hydroxylation sites is 2. The third kappa shape index (κ3) is 7.72. The van der Waals surface area contributed by atoms with Crippen LogP contribution in [0.25, 0.3) is 0 Å². The Hall–Kier alpha value is -6.06. The van der Waals surface area contributed by atoms with Gasteiger partial charge in [-0.1, -0.05) is 64.1 Å². The molecule has 0 amide bonds. The van der Waals surface area contributed by atoms with Gasteiger partial charge in [0.15, 0.2) is 69.8 Å². The molecule has 0 aliphatic carbocycles. The Kier molecular flexibility index (Phi) is 13.9. The number of rotatable bonds is 8. The Bertz CT molecular complexity index is 2390. The van der Waals surface area contributed by atoms with E-state index in [-0.39, 0.29) is 0 Å². The minimum absolute atomic E-state index is 0.554. The summed E-state index contributed by atoms with van der Waals surface area (Å²) in [6, 6.07) is 17.4. The van der Waals surface area contributed by atoms with E-state index in [0.717, 1.165) is 0 Å². The van der Waals surface area contributed by atoms with Crippen LogP contribution < -0.4 is 27.2 Å². The molecule has 0 atom stereocenters. The Morgan fingerprint density at radius 3 is 0.641 bits per heavy atom. The van der Waals surface area contributed by atoms with Gasteiger partial charge in [0.1, 0.15) is 64.1 Å². The van der Waals surface area contributed by atoms with Crippen LogP contribution in [0.15, 0.2) is 48.5 Å². The summed E-state index contributed by atoms with van der Waals surface area (Å²) in [5.41, 5.74) is -8.82. The van der Waals surface area contributed by atoms with Gasteiger partial charge in [-0.2, -0.15) is 0 Å². The minimum Gasteiger partial charge on any atom is -0.281 e.